The largest absolute Gasteiger partial charge is 0.370 e. The zero-order valence-corrected chi connectivity index (χ0v) is 16.6. The summed E-state index contributed by atoms with van der Waals surface area (Å²) in [5, 5.41) is 10.9. The van der Waals surface area contributed by atoms with E-state index in [9.17, 15) is 23.3 Å². The molecule has 0 aliphatic carbocycles. The van der Waals surface area contributed by atoms with Crippen LogP contribution >= 0.6 is 0 Å². The van der Waals surface area contributed by atoms with E-state index in [2.05, 4.69) is 4.72 Å². The predicted molar refractivity (Wildman–Crippen MR) is 105 cm³/mol. The van der Waals surface area contributed by atoms with E-state index in [-0.39, 0.29) is 22.6 Å². The Morgan fingerprint density at radius 3 is 2.69 bits per heavy atom. The van der Waals surface area contributed by atoms with Gasteiger partial charge in [-0.3, -0.25) is 14.9 Å². The van der Waals surface area contributed by atoms with Crippen LogP contribution in [0.2, 0.25) is 0 Å². The van der Waals surface area contributed by atoms with Gasteiger partial charge in [-0.15, -0.1) is 0 Å². The first-order valence-electron chi connectivity index (χ1n) is 8.97. The van der Waals surface area contributed by atoms with E-state index in [0.29, 0.717) is 25.3 Å². The van der Waals surface area contributed by atoms with Crippen LogP contribution in [0.3, 0.4) is 0 Å². The van der Waals surface area contributed by atoms with Gasteiger partial charge in [-0.25, -0.2) is 13.1 Å². The van der Waals surface area contributed by atoms with E-state index in [1.165, 1.54) is 19.1 Å². The molecule has 1 amide bonds. The number of carbonyl (C=O) groups excluding carboxylic acids is 1. The number of rotatable bonds is 6. The number of carbonyl (C=O) groups is 1. The van der Waals surface area contributed by atoms with Gasteiger partial charge in [-0.1, -0.05) is 36.4 Å². The zero-order chi connectivity index (χ0) is 21.0. The van der Waals surface area contributed by atoms with Gasteiger partial charge < -0.3 is 9.64 Å². The van der Waals surface area contributed by atoms with Crippen molar-refractivity contribution in [3.05, 3.63) is 69.8 Å². The van der Waals surface area contributed by atoms with E-state index >= 15 is 0 Å². The van der Waals surface area contributed by atoms with Crippen molar-refractivity contribution in [2.24, 2.45) is 0 Å². The molecule has 1 N–H and O–H groups in total. The Morgan fingerprint density at radius 2 is 2.00 bits per heavy atom. The number of ether oxygens (including phenoxy) is 1. The molecule has 2 aromatic carbocycles. The summed E-state index contributed by atoms with van der Waals surface area (Å²) in [4.78, 5) is 24.1. The smallest absolute Gasteiger partial charge is 0.270 e. The summed E-state index contributed by atoms with van der Waals surface area (Å²) in [6.07, 6.45) is -0.274. The van der Waals surface area contributed by atoms with Crippen LogP contribution in [0.15, 0.2) is 53.4 Å². The third-order valence-corrected chi connectivity index (χ3v) is 6.22. The molecule has 0 bridgehead atoms. The first-order chi connectivity index (χ1) is 13.8. The molecule has 0 spiro atoms. The van der Waals surface area contributed by atoms with Gasteiger partial charge in [-0.2, -0.15) is 0 Å². The van der Waals surface area contributed by atoms with Crippen molar-refractivity contribution in [2.45, 2.75) is 17.9 Å². The lowest BCUT2D eigenvalue weighted by molar-refractivity contribution is -0.385. The molecular weight excluding hydrogens is 398 g/mol. The maximum Gasteiger partial charge on any atom is 0.270 e. The first kappa shape index (κ1) is 20.9. The molecule has 10 heteroatoms. The predicted octanol–water partition coefficient (Wildman–Crippen LogP) is 1.78. The number of nitro benzene ring substituents is 1. The maximum atomic E-state index is 12.6. The Balaban J connectivity index is 1.67. The summed E-state index contributed by atoms with van der Waals surface area (Å²) in [5.74, 6) is -0.388. The van der Waals surface area contributed by atoms with Crippen LogP contribution in [0.4, 0.5) is 5.69 Å². The van der Waals surface area contributed by atoms with Gasteiger partial charge in [0.05, 0.1) is 29.5 Å². The van der Waals surface area contributed by atoms with E-state index in [1.54, 1.807) is 4.90 Å². The molecule has 0 saturated carbocycles. The highest BCUT2D eigenvalue weighted by atomic mass is 32.2. The van der Waals surface area contributed by atoms with Crippen molar-refractivity contribution in [1.82, 2.24) is 9.62 Å². The van der Waals surface area contributed by atoms with Crippen LogP contribution in [-0.2, 0) is 19.6 Å². The van der Waals surface area contributed by atoms with E-state index in [4.69, 9.17) is 4.74 Å². The highest BCUT2D eigenvalue weighted by Crippen LogP contribution is 2.23. The molecule has 1 unspecified atom stereocenters. The summed E-state index contributed by atoms with van der Waals surface area (Å²) in [6, 6.07) is 13.1. The van der Waals surface area contributed by atoms with Crippen molar-refractivity contribution in [3.63, 3.8) is 0 Å². The Labute approximate surface area is 168 Å². The van der Waals surface area contributed by atoms with E-state index in [0.717, 1.165) is 11.6 Å². The van der Waals surface area contributed by atoms with Gasteiger partial charge >= 0.3 is 0 Å². The third kappa shape index (κ3) is 4.97. The Kier molecular flexibility index (Phi) is 6.26. The summed E-state index contributed by atoms with van der Waals surface area (Å²) < 4.78 is 33.1. The molecule has 0 aromatic heterocycles. The number of morpholine rings is 1. The average Bonchev–Trinajstić information content (AvgIpc) is 2.73. The van der Waals surface area contributed by atoms with Gasteiger partial charge in [0.1, 0.15) is 6.10 Å². The minimum absolute atomic E-state index is 0.219. The minimum Gasteiger partial charge on any atom is -0.370 e. The fraction of sp³-hybridized carbons (Fsp3) is 0.316. The summed E-state index contributed by atoms with van der Waals surface area (Å²) >= 11 is 0. The van der Waals surface area contributed by atoms with Crippen LogP contribution in [0.1, 0.15) is 17.2 Å². The van der Waals surface area contributed by atoms with Crippen LogP contribution in [0.25, 0.3) is 0 Å². The lowest BCUT2D eigenvalue weighted by Crippen LogP contribution is -2.46. The number of hydrogen-bond donors (Lipinski definition) is 1. The molecule has 1 atom stereocenters. The number of benzene rings is 2. The van der Waals surface area contributed by atoms with Gasteiger partial charge in [-0.05, 0) is 18.1 Å². The summed E-state index contributed by atoms with van der Waals surface area (Å²) in [5.41, 5.74) is 0.963. The molecule has 1 heterocycles. The molecule has 1 aliphatic heterocycles. The monoisotopic (exact) mass is 419 g/mol. The van der Waals surface area contributed by atoms with E-state index in [1.807, 2.05) is 30.3 Å². The highest BCUT2D eigenvalue weighted by Gasteiger charge is 2.27. The molecule has 3 rings (SSSR count). The standard InChI is InChI=1S/C19H21N3O6S/c1-14-7-8-16(22(24)25)11-18(14)29(26,27)20-12-19(23)21-9-10-28-17(13-21)15-5-3-2-4-6-15/h2-8,11,17,20H,9-10,12-13H2,1H3. The van der Waals surface area contributed by atoms with Gasteiger partial charge in [0.25, 0.3) is 5.69 Å². The second kappa shape index (κ2) is 8.68. The molecule has 1 aliphatic rings. The third-order valence-electron chi connectivity index (χ3n) is 4.68. The number of hydrogen-bond acceptors (Lipinski definition) is 6. The summed E-state index contributed by atoms with van der Waals surface area (Å²) in [6.45, 7) is 2.13. The Hall–Kier alpha value is -2.82. The van der Waals surface area contributed by atoms with Crippen LogP contribution in [0.5, 0.6) is 0 Å². The van der Waals surface area contributed by atoms with Gasteiger partial charge in [0.2, 0.25) is 15.9 Å². The number of non-ortho nitro benzene ring substituents is 1. The van der Waals surface area contributed by atoms with E-state index < -0.39 is 21.5 Å². The number of nitrogens with zero attached hydrogens (tertiary/aromatic N) is 2. The topological polar surface area (TPSA) is 119 Å². The number of nitrogens with one attached hydrogen (secondary N) is 1. The van der Waals surface area contributed by atoms with Crippen molar-refractivity contribution in [2.75, 3.05) is 26.2 Å². The molecule has 154 valence electrons. The van der Waals surface area contributed by atoms with Crippen molar-refractivity contribution < 1.29 is 22.9 Å². The highest BCUT2D eigenvalue weighted by molar-refractivity contribution is 7.89. The fourth-order valence-electron chi connectivity index (χ4n) is 3.08. The van der Waals surface area contributed by atoms with Crippen molar-refractivity contribution in [3.8, 4) is 0 Å². The molecule has 2 aromatic rings. The van der Waals surface area contributed by atoms with Crippen LogP contribution < -0.4 is 4.72 Å². The van der Waals surface area contributed by atoms with Crippen LogP contribution in [0, 0.1) is 17.0 Å². The van der Waals surface area contributed by atoms with Crippen molar-refractivity contribution in [1.29, 1.82) is 0 Å². The van der Waals surface area contributed by atoms with Gasteiger partial charge in [0, 0.05) is 18.7 Å². The first-order valence-corrected chi connectivity index (χ1v) is 10.5. The second-order valence-corrected chi connectivity index (χ2v) is 8.38. The Bertz CT molecular complexity index is 1010. The normalized spacial score (nSPS) is 17.1. The second-order valence-electron chi connectivity index (χ2n) is 6.64. The minimum atomic E-state index is -4.08. The molecule has 1 fully saturated rings. The zero-order valence-electron chi connectivity index (χ0n) is 15.8. The quantitative estimate of drug-likeness (QED) is 0.563. The molecule has 1 saturated heterocycles. The average molecular weight is 419 g/mol. The Morgan fingerprint density at radius 1 is 1.28 bits per heavy atom. The van der Waals surface area contributed by atoms with Crippen LogP contribution in [-0.4, -0.2) is 50.4 Å². The number of sulfonamides is 1. The maximum absolute atomic E-state index is 12.6. The number of aryl methyl sites for hydroxylation is 1. The number of nitro groups is 1. The van der Waals surface area contributed by atoms with Gasteiger partial charge in [0.15, 0.2) is 0 Å². The number of amides is 1. The fourth-order valence-corrected chi connectivity index (χ4v) is 4.32. The molecule has 29 heavy (non-hydrogen) atoms. The molecule has 0 radical (unpaired) electrons. The SMILES string of the molecule is Cc1ccc([N+](=O)[O-])cc1S(=O)(=O)NCC(=O)N1CCOC(c2ccccc2)C1. The van der Waals surface area contributed by atoms with Crippen molar-refractivity contribution >= 4 is 21.6 Å². The molecule has 9 nitrogen and oxygen atoms in total. The lowest BCUT2D eigenvalue weighted by Gasteiger charge is -2.33. The molecular formula is C19H21N3O6S. The summed E-state index contributed by atoms with van der Waals surface area (Å²) in [7, 11) is -4.08. The lowest BCUT2D eigenvalue weighted by atomic mass is 10.1.